The lowest BCUT2D eigenvalue weighted by atomic mass is 9.97. The fourth-order valence-corrected chi connectivity index (χ4v) is 2.62. The maximum absolute atomic E-state index is 5.44. The molecule has 2 nitrogen and oxygen atoms in total. The van der Waals surface area contributed by atoms with Crippen molar-refractivity contribution in [1.29, 1.82) is 0 Å². The molecular weight excluding hydrogens is 186 g/mol. The van der Waals surface area contributed by atoms with Crippen LogP contribution in [0.2, 0.25) is 0 Å². The molecule has 1 aliphatic carbocycles. The van der Waals surface area contributed by atoms with Crippen molar-refractivity contribution in [3.63, 3.8) is 0 Å². The Morgan fingerprint density at radius 2 is 2.27 bits per heavy atom. The van der Waals surface area contributed by atoms with Gasteiger partial charge in [-0.15, -0.1) is 0 Å². The van der Waals surface area contributed by atoms with Gasteiger partial charge in [0.25, 0.3) is 0 Å². The third kappa shape index (κ3) is 2.85. The van der Waals surface area contributed by atoms with E-state index in [0.29, 0.717) is 6.04 Å². The van der Waals surface area contributed by atoms with Crippen molar-refractivity contribution in [2.75, 3.05) is 7.05 Å². The molecule has 0 spiro atoms. The predicted molar refractivity (Wildman–Crippen MR) is 61.7 cm³/mol. The van der Waals surface area contributed by atoms with Gasteiger partial charge in [0, 0.05) is 0 Å². The summed E-state index contributed by atoms with van der Waals surface area (Å²) in [4.78, 5) is 0. The van der Waals surface area contributed by atoms with Crippen LogP contribution in [0.1, 0.15) is 50.3 Å². The molecule has 15 heavy (non-hydrogen) atoms. The quantitative estimate of drug-likeness (QED) is 0.799. The van der Waals surface area contributed by atoms with Gasteiger partial charge in [-0.3, -0.25) is 0 Å². The SMILES string of the molecule is CNC(CCC1CCCC1)c1ccco1. The summed E-state index contributed by atoms with van der Waals surface area (Å²) in [5, 5.41) is 3.33. The lowest BCUT2D eigenvalue weighted by Gasteiger charge is -2.16. The molecule has 0 aromatic carbocycles. The predicted octanol–water partition coefficient (Wildman–Crippen LogP) is 3.51. The summed E-state index contributed by atoms with van der Waals surface area (Å²) in [5.74, 6) is 2.05. The second kappa shape index (κ2) is 5.36. The first-order chi connectivity index (χ1) is 7.40. The summed E-state index contributed by atoms with van der Waals surface area (Å²) in [5.41, 5.74) is 0. The van der Waals surface area contributed by atoms with Gasteiger partial charge in [-0.05, 0) is 37.9 Å². The minimum atomic E-state index is 0.403. The van der Waals surface area contributed by atoms with Gasteiger partial charge in [-0.1, -0.05) is 25.7 Å². The Bertz CT molecular complexity index is 262. The van der Waals surface area contributed by atoms with Crippen LogP contribution in [0.15, 0.2) is 22.8 Å². The van der Waals surface area contributed by atoms with Gasteiger partial charge in [0.05, 0.1) is 12.3 Å². The average Bonchev–Trinajstić information content (AvgIpc) is 2.90. The maximum atomic E-state index is 5.44. The maximum Gasteiger partial charge on any atom is 0.120 e. The highest BCUT2D eigenvalue weighted by Crippen LogP contribution is 2.31. The molecule has 84 valence electrons. The summed E-state index contributed by atoms with van der Waals surface area (Å²) < 4.78 is 5.44. The number of hydrogen-bond donors (Lipinski definition) is 1. The van der Waals surface area contributed by atoms with Crippen molar-refractivity contribution in [3.05, 3.63) is 24.2 Å². The van der Waals surface area contributed by atoms with Crippen LogP contribution in [0.25, 0.3) is 0 Å². The molecule has 0 amide bonds. The van der Waals surface area contributed by atoms with Crippen LogP contribution in [0.4, 0.5) is 0 Å². The molecule has 1 aliphatic rings. The standard InChI is InChI=1S/C13H21NO/c1-14-12(13-7-4-10-15-13)9-8-11-5-2-3-6-11/h4,7,10-12,14H,2-3,5-6,8-9H2,1H3. The van der Waals surface area contributed by atoms with Gasteiger partial charge >= 0.3 is 0 Å². The van der Waals surface area contributed by atoms with E-state index < -0.39 is 0 Å². The lowest BCUT2D eigenvalue weighted by Crippen LogP contribution is -2.16. The van der Waals surface area contributed by atoms with E-state index in [-0.39, 0.29) is 0 Å². The average molecular weight is 207 g/mol. The van der Waals surface area contributed by atoms with E-state index in [4.69, 9.17) is 4.42 Å². The Balaban J connectivity index is 1.80. The van der Waals surface area contributed by atoms with Crippen molar-refractivity contribution in [1.82, 2.24) is 5.32 Å². The zero-order valence-corrected chi connectivity index (χ0v) is 9.54. The highest BCUT2D eigenvalue weighted by molar-refractivity contribution is 5.04. The molecule has 0 aliphatic heterocycles. The lowest BCUT2D eigenvalue weighted by molar-refractivity contribution is 0.374. The molecule has 2 rings (SSSR count). The molecule has 0 bridgehead atoms. The van der Waals surface area contributed by atoms with Gasteiger partial charge in [0.15, 0.2) is 0 Å². The Morgan fingerprint density at radius 1 is 1.47 bits per heavy atom. The van der Waals surface area contributed by atoms with Crippen LogP contribution in [-0.4, -0.2) is 7.05 Å². The molecular formula is C13H21NO. The van der Waals surface area contributed by atoms with Crippen molar-refractivity contribution >= 4 is 0 Å². The van der Waals surface area contributed by atoms with Crippen LogP contribution >= 0.6 is 0 Å². The topological polar surface area (TPSA) is 25.2 Å². The van der Waals surface area contributed by atoms with Crippen LogP contribution < -0.4 is 5.32 Å². The molecule has 1 unspecified atom stereocenters. The van der Waals surface area contributed by atoms with Gasteiger partial charge in [0.2, 0.25) is 0 Å². The van der Waals surface area contributed by atoms with E-state index in [2.05, 4.69) is 11.4 Å². The smallest absolute Gasteiger partial charge is 0.120 e. The molecule has 2 heteroatoms. The van der Waals surface area contributed by atoms with E-state index in [1.54, 1.807) is 6.26 Å². The molecule has 0 radical (unpaired) electrons. The van der Waals surface area contributed by atoms with E-state index in [9.17, 15) is 0 Å². The third-order valence-electron chi connectivity index (χ3n) is 3.57. The fraction of sp³-hybridized carbons (Fsp3) is 0.692. The first-order valence-electron chi connectivity index (χ1n) is 6.11. The molecule has 1 atom stereocenters. The number of hydrogen-bond acceptors (Lipinski definition) is 2. The zero-order valence-electron chi connectivity index (χ0n) is 9.54. The molecule has 0 saturated heterocycles. The monoisotopic (exact) mass is 207 g/mol. The van der Waals surface area contributed by atoms with Gasteiger partial charge in [-0.25, -0.2) is 0 Å². The molecule has 1 aromatic heterocycles. The fourth-order valence-electron chi connectivity index (χ4n) is 2.62. The van der Waals surface area contributed by atoms with E-state index in [1.165, 1.54) is 38.5 Å². The first kappa shape index (κ1) is 10.7. The second-order valence-corrected chi connectivity index (χ2v) is 4.58. The van der Waals surface area contributed by atoms with Crippen LogP contribution in [0.5, 0.6) is 0 Å². The Kier molecular flexibility index (Phi) is 3.84. The summed E-state index contributed by atoms with van der Waals surface area (Å²) in [6.07, 6.45) is 10.1. The normalized spacial score (nSPS) is 19.5. The second-order valence-electron chi connectivity index (χ2n) is 4.58. The summed E-state index contributed by atoms with van der Waals surface area (Å²) in [6.45, 7) is 0. The molecule has 1 heterocycles. The van der Waals surface area contributed by atoms with Gasteiger partial charge in [0.1, 0.15) is 5.76 Å². The van der Waals surface area contributed by atoms with Crippen molar-refractivity contribution in [3.8, 4) is 0 Å². The van der Waals surface area contributed by atoms with Gasteiger partial charge < -0.3 is 9.73 Å². The summed E-state index contributed by atoms with van der Waals surface area (Å²) in [7, 11) is 2.02. The number of nitrogens with one attached hydrogen (secondary N) is 1. The van der Waals surface area contributed by atoms with Crippen LogP contribution in [0, 0.1) is 5.92 Å². The van der Waals surface area contributed by atoms with Gasteiger partial charge in [-0.2, -0.15) is 0 Å². The largest absolute Gasteiger partial charge is 0.468 e. The Morgan fingerprint density at radius 3 is 2.87 bits per heavy atom. The zero-order chi connectivity index (χ0) is 10.5. The summed E-state index contributed by atoms with van der Waals surface area (Å²) in [6, 6.07) is 4.44. The van der Waals surface area contributed by atoms with Crippen LogP contribution in [-0.2, 0) is 0 Å². The summed E-state index contributed by atoms with van der Waals surface area (Å²) >= 11 is 0. The minimum Gasteiger partial charge on any atom is -0.468 e. The number of rotatable bonds is 5. The van der Waals surface area contributed by atoms with E-state index in [0.717, 1.165) is 11.7 Å². The van der Waals surface area contributed by atoms with Crippen LogP contribution in [0.3, 0.4) is 0 Å². The van der Waals surface area contributed by atoms with Crippen molar-refractivity contribution in [2.45, 2.75) is 44.6 Å². The Hall–Kier alpha value is -0.760. The first-order valence-corrected chi connectivity index (χ1v) is 6.11. The minimum absolute atomic E-state index is 0.403. The van der Waals surface area contributed by atoms with Crippen molar-refractivity contribution in [2.24, 2.45) is 5.92 Å². The van der Waals surface area contributed by atoms with E-state index >= 15 is 0 Å². The molecule has 1 fully saturated rings. The molecule has 1 saturated carbocycles. The number of furan rings is 1. The highest BCUT2D eigenvalue weighted by atomic mass is 16.3. The highest BCUT2D eigenvalue weighted by Gasteiger charge is 2.18. The molecule has 1 aromatic rings. The molecule has 1 N–H and O–H groups in total. The van der Waals surface area contributed by atoms with Crippen molar-refractivity contribution < 1.29 is 4.42 Å². The Labute approximate surface area is 92.1 Å². The van der Waals surface area contributed by atoms with E-state index in [1.807, 2.05) is 13.1 Å². The third-order valence-corrected chi connectivity index (χ3v) is 3.57.